The molecule has 0 aliphatic carbocycles. The number of carbonyl (C=O) groups is 1. The minimum absolute atomic E-state index is 0.281. The van der Waals surface area contributed by atoms with E-state index in [1.165, 1.54) is 16.8 Å². The minimum Gasteiger partial charge on any atom is -0.444 e. The van der Waals surface area contributed by atoms with Crippen molar-refractivity contribution in [1.29, 1.82) is 0 Å². The number of ether oxygens (including phenoxy) is 1. The van der Waals surface area contributed by atoms with Gasteiger partial charge in [-0.25, -0.2) is 4.79 Å². The van der Waals surface area contributed by atoms with Crippen LogP contribution in [0.5, 0.6) is 0 Å². The van der Waals surface area contributed by atoms with Crippen LogP contribution in [0.4, 0.5) is 10.5 Å². The van der Waals surface area contributed by atoms with Crippen LogP contribution in [-0.2, 0) is 17.7 Å². The molecular weight excluding hydrogens is 240 g/mol. The second-order valence-corrected chi connectivity index (χ2v) is 5.96. The van der Waals surface area contributed by atoms with E-state index in [2.05, 4.69) is 17.4 Å². The van der Waals surface area contributed by atoms with E-state index in [0.717, 1.165) is 13.0 Å². The molecule has 1 amide bonds. The summed E-state index contributed by atoms with van der Waals surface area (Å²) in [5.41, 5.74) is 3.25. The van der Waals surface area contributed by atoms with Crippen molar-refractivity contribution in [2.75, 3.05) is 18.9 Å². The maximum atomic E-state index is 12.0. The number of anilines is 1. The van der Waals surface area contributed by atoms with Gasteiger partial charge in [-0.05, 0) is 44.4 Å². The fraction of sp³-hybridized carbons (Fsp3) is 0.533. The third-order valence-corrected chi connectivity index (χ3v) is 3.08. The molecule has 104 valence electrons. The number of nitrogens with one attached hydrogen (secondary N) is 1. The lowest BCUT2D eigenvalue weighted by molar-refractivity contribution is 0.0285. The van der Waals surface area contributed by atoms with Gasteiger partial charge in [0.2, 0.25) is 0 Å². The van der Waals surface area contributed by atoms with E-state index in [9.17, 15) is 4.79 Å². The van der Waals surface area contributed by atoms with Crippen LogP contribution in [0.25, 0.3) is 0 Å². The summed E-state index contributed by atoms with van der Waals surface area (Å²) < 4.78 is 5.36. The molecule has 0 fully saturated rings. The smallest absolute Gasteiger partial charge is 0.410 e. The van der Waals surface area contributed by atoms with E-state index in [0.29, 0.717) is 6.54 Å². The number of benzene rings is 1. The lowest BCUT2D eigenvalue weighted by Gasteiger charge is -2.25. The molecule has 4 nitrogen and oxygen atoms in total. The molecule has 19 heavy (non-hydrogen) atoms. The third kappa shape index (κ3) is 3.40. The zero-order valence-corrected chi connectivity index (χ0v) is 12.1. The van der Waals surface area contributed by atoms with Crippen molar-refractivity contribution in [3.05, 3.63) is 29.3 Å². The van der Waals surface area contributed by atoms with Crippen LogP contribution in [0.1, 0.15) is 31.9 Å². The molecular formula is C15H22N2O2. The van der Waals surface area contributed by atoms with Crippen LogP contribution < -0.4 is 5.32 Å². The normalized spacial score (nSPS) is 13.7. The number of rotatable bonds is 2. The van der Waals surface area contributed by atoms with Crippen molar-refractivity contribution in [3.63, 3.8) is 0 Å². The Morgan fingerprint density at radius 3 is 2.84 bits per heavy atom. The van der Waals surface area contributed by atoms with Crippen LogP contribution in [0.2, 0.25) is 0 Å². The van der Waals surface area contributed by atoms with Crippen LogP contribution in [-0.4, -0.2) is 30.2 Å². The molecule has 2 rings (SSSR count). The summed E-state index contributed by atoms with van der Waals surface area (Å²) in [5, 5.41) is 3.35. The molecule has 1 aliphatic heterocycles. The van der Waals surface area contributed by atoms with Gasteiger partial charge in [0.15, 0.2) is 0 Å². The maximum Gasteiger partial charge on any atom is 0.410 e. The molecule has 0 spiro atoms. The predicted octanol–water partition coefficient (Wildman–Crippen LogP) is 3.02. The first kappa shape index (κ1) is 13.7. The summed E-state index contributed by atoms with van der Waals surface area (Å²) in [6.07, 6.45) is 0.740. The summed E-state index contributed by atoms with van der Waals surface area (Å²) in [5.74, 6) is 0. The number of hydrogen-bond acceptors (Lipinski definition) is 3. The van der Waals surface area contributed by atoms with E-state index >= 15 is 0 Å². The van der Waals surface area contributed by atoms with Crippen LogP contribution >= 0.6 is 0 Å². The van der Waals surface area contributed by atoms with E-state index in [-0.39, 0.29) is 6.09 Å². The molecule has 1 heterocycles. The van der Waals surface area contributed by atoms with Gasteiger partial charge in [0.25, 0.3) is 0 Å². The monoisotopic (exact) mass is 262 g/mol. The lowest BCUT2D eigenvalue weighted by Crippen LogP contribution is -2.34. The van der Waals surface area contributed by atoms with Crippen LogP contribution in [0, 0.1) is 0 Å². The summed E-state index contributed by atoms with van der Waals surface area (Å²) in [6, 6.07) is 6.18. The number of hydrogen-bond donors (Lipinski definition) is 1. The first-order valence-electron chi connectivity index (χ1n) is 6.65. The Balaban J connectivity index is 2.05. The van der Waals surface area contributed by atoms with Crippen molar-refractivity contribution in [1.82, 2.24) is 4.90 Å². The minimum atomic E-state index is -0.453. The third-order valence-electron chi connectivity index (χ3n) is 3.08. The largest absolute Gasteiger partial charge is 0.444 e. The molecule has 0 saturated heterocycles. The van der Waals surface area contributed by atoms with Crippen LogP contribution in [0.3, 0.4) is 0 Å². The summed E-state index contributed by atoms with van der Waals surface area (Å²) in [6.45, 7) is 7.19. The fourth-order valence-electron chi connectivity index (χ4n) is 2.23. The highest BCUT2D eigenvalue weighted by Gasteiger charge is 2.21. The number of carbonyl (C=O) groups excluding carboxylic acids is 1. The molecule has 0 aromatic heterocycles. The van der Waals surface area contributed by atoms with Gasteiger partial charge in [-0.3, -0.25) is 0 Å². The van der Waals surface area contributed by atoms with E-state index in [1.807, 2.05) is 26.8 Å². The van der Waals surface area contributed by atoms with Gasteiger partial charge in [-0.15, -0.1) is 0 Å². The highest BCUT2D eigenvalue weighted by Crippen LogP contribution is 2.26. The van der Waals surface area contributed by atoms with E-state index in [4.69, 9.17) is 4.74 Å². The van der Waals surface area contributed by atoms with Gasteiger partial charge in [0, 0.05) is 25.8 Å². The lowest BCUT2D eigenvalue weighted by atomic mass is 10.0. The second-order valence-electron chi connectivity index (χ2n) is 5.96. The molecule has 0 saturated carbocycles. The van der Waals surface area contributed by atoms with Crippen LogP contribution in [0.15, 0.2) is 18.2 Å². The van der Waals surface area contributed by atoms with Gasteiger partial charge in [-0.1, -0.05) is 12.1 Å². The molecule has 1 N–H and O–H groups in total. The fourth-order valence-corrected chi connectivity index (χ4v) is 2.23. The molecule has 1 aromatic carbocycles. The van der Waals surface area contributed by atoms with Crippen molar-refractivity contribution in [3.8, 4) is 0 Å². The number of fused-ring (bicyclic) bond motifs is 1. The second kappa shape index (κ2) is 5.11. The van der Waals surface area contributed by atoms with Gasteiger partial charge in [-0.2, -0.15) is 0 Å². The molecule has 1 aliphatic rings. The van der Waals surface area contributed by atoms with Crippen molar-refractivity contribution in [2.24, 2.45) is 0 Å². The summed E-state index contributed by atoms with van der Waals surface area (Å²) in [4.78, 5) is 13.6. The molecule has 0 atom stereocenters. The number of nitrogens with zero attached hydrogens (tertiary/aromatic N) is 1. The molecule has 0 radical (unpaired) electrons. The zero-order valence-electron chi connectivity index (χ0n) is 12.1. The van der Waals surface area contributed by atoms with Crippen molar-refractivity contribution < 1.29 is 9.53 Å². The molecule has 0 bridgehead atoms. The average molecular weight is 262 g/mol. The Morgan fingerprint density at radius 1 is 1.42 bits per heavy atom. The zero-order chi connectivity index (χ0) is 14.0. The Labute approximate surface area is 114 Å². The Kier molecular flexibility index (Phi) is 3.69. The first-order chi connectivity index (χ1) is 8.87. The Hall–Kier alpha value is -1.71. The Bertz CT molecular complexity index is 478. The average Bonchev–Trinajstić information content (AvgIpc) is 2.75. The molecule has 0 unspecified atom stereocenters. The van der Waals surface area contributed by atoms with Gasteiger partial charge >= 0.3 is 6.09 Å². The quantitative estimate of drug-likeness (QED) is 0.890. The maximum absolute atomic E-state index is 12.0. The SMILES string of the molecule is CN(Cc1cccc2c1CCN2)C(=O)OC(C)(C)C. The Morgan fingerprint density at radius 2 is 2.16 bits per heavy atom. The summed E-state index contributed by atoms with van der Waals surface area (Å²) >= 11 is 0. The molecule has 1 aromatic rings. The highest BCUT2D eigenvalue weighted by molar-refractivity contribution is 5.68. The van der Waals surface area contributed by atoms with E-state index < -0.39 is 5.60 Å². The molecule has 4 heteroatoms. The predicted molar refractivity (Wildman–Crippen MR) is 76.3 cm³/mol. The summed E-state index contributed by atoms with van der Waals surface area (Å²) in [7, 11) is 1.77. The van der Waals surface area contributed by atoms with Crippen molar-refractivity contribution >= 4 is 11.8 Å². The topological polar surface area (TPSA) is 41.6 Å². The first-order valence-corrected chi connectivity index (χ1v) is 6.65. The number of amides is 1. The van der Waals surface area contributed by atoms with Gasteiger partial charge in [0.05, 0.1) is 0 Å². The van der Waals surface area contributed by atoms with Crippen molar-refractivity contribution in [2.45, 2.75) is 39.3 Å². The van der Waals surface area contributed by atoms with Gasteiger partial charge < -0.3 is 15.0 Å². The van der Waals surface area contributed by atoms with E-state index in [1.54, 1.807) is 11.9 Å². The van der Waals surface area contributed by atoms with Gasteiger partial charge in [0.1, 0.15) is 5.60 Å². The standard InChI is InChI=1S/C15H22N2O2/c1-15(2,3)19-14(18)17(4)10-11-6-5-7-13-12(11)8-9-16-13/h5-7,16H,8-10H2,1-4H3. The highest BCUT2D eigenvalue weighted by atomic mass is 16.6.